The van der Waals surface area contributed by atoms with Gasteiger partial charge in [0.15, 0.2) is 0 Å². The van der Waals surface area contributed by atoms with Crippen molar-refractivity contribution in [2.24, 2.45) is 28.6 Å². The molecule has 1 aromatic rings. The van der Waals surface area contributed by atoms with Crippen LogP contribution >= 0.6 is 0 Å². The molecular formula is C26H34O2. The fourth-order valence-electron chi connectivity index (χ4n) is 6.30. The summed E-state index contributed by atoms with van der Waals surface area (Å²) >= 11 is 0. The monoisotopic (exact) mass is 378 g/mol. The van der Waals surface area contributed by atoms with E-state index in [0.717, 1.165) is 19.3 Å². The number of carbonyl (C=O) groups is 1. The van der Waals surface area contributed by atoms with Gasteiger partial charge in [0.2, 0.25) is 0 Å². The molecule has 28 heavy (non-hydrogen) atoms. The SMILES string of the molecule is CC(C)C1=CC2=CC[C@@H]3[C@](C)(CCC[C@@]3(C)C(=O)Oc3ccccc3)[C@H]2CC1. The van der Waals surface area contributed by atoms with Crippen LogP contribution in [0.1, 0.15) is 66.2 Å². The molecule has 4 atom stereocenters. The minimum atomic E-state index is -0.410. The number of rotatable bonds is 3. The summed E-state index contributed by atoms with van der Waals surface area (Å²) in [5.74, 6) is 2.19. The van der Waals surface area contributed by atoms with Crippen LogP contribution in [-0.2, 0) is 4.79 Å². The van der Waals surface area contributed by atoms with Gasteiger partial charge in [0.05, 0.1) is 5.41 Å². The number of fused-ring (bicyclic) bond motifs is 3. The van der Waals surface area contributed by atoms with Crippen LogP contribution in [0.25, 0.3) is 0 Å². The van der Waals surface area contributed by atoms with E-state index in [0.29, 0.717) is 23.5 Å². The first-order valence-corrected chi connectivity index (χ1v) is 11.0. The summed E-state index contributed by atoms with van der Waals surface area (Å²) in [7, 11) is 0. The first-order valence-electron chi connectivity index (χ1n) is 11.0. The van der Waals surface area contributed by atoms with Crippen molar-refractivity contribution in [3.63, 3.8) is 0 Å². The Kier molecular flexibility index (Phi) is 5.02. The topological polar surface area (TPSA) is 26.3 Å². The van der Waals surface area contributed by atoms with E-state index in [4.69, 9.17) is 4.74 Å². The predicted octanol–water partition coefficient (Wildman–Crippen LogP) is 6.73. The molecule has 0 unspecified atom stereocenters. The third kappa shape index (κ3) is 3.15. The van der Waals surface area contributed by atoms with Crippen LogP contribution in [0.5, 0.6) is 5.75 Å². The van der Waals surface area contributed by atoms with Crippen molar-refractivity contribution in [2.45, 2.75) is 66.2 Å². The lowest BCUT2D eigenvalue weighted by atomic mass is 9.47. The predicted molar refractivity (Wildman–Crippen MR) is 114 cm³/mol. The molecule has 2 nitrogen and oxygen atoms in total. The number of esters is 1. The van der Waals surface area contributed by atoms with Crippen molar-refractivity contribution in [3.05, 3.63) is 53.6 Å². The van der Waals surface area contributed by atoms with Crippen molar-refractivity contribution in [1.29, 1.82) is 0 Å². The molecule has 1 saturated carbocycles. The first kappa shape index (κ1) is 19.5. The molecule has 4 rings (SSSR count). The van der Waals surface area contributed by atoms with E-state index < -0.39 is 5.41 Å². The molecular weight excluding hydrogens is 344 g/mol. The summed E-state index contributed by atoms with van der Waals surface area (Å²) in [5.41, 5.74) is 2.90. The van der Waals surface area contributed by atoms with Crippen molar-refractivity contribution in [2.75, 3.05) is 0 Å². The van der Waals surface area contributed by atoms with Gasteiger partial charge in [-0.1, -0.05) is 63.1 Å². The molecule has 0 bridgehead atoms. The average Bonchev–Trinajstić information content (AvgIpc) is 2.68. The lowest BCUT2D eigenvalue weighted by Crippen LogP contribution is -2.54. The summed E-state index contributed by atoms with van der Waals surface area (Å²) in [4.78, 5) is 13.3. The highest BCUT2D eigenvalue weighted by atomic mass is 16.5. The fourth-order valence-corrected chi connectivity index (χ4v) is 6.30. The van der Waals surface area contributed by atoms with Crippen LogP contribution in [0, 0.1) is 28.6 Å². The van der Waals surface area contributed by atoms with Crippen molar-refractivity contribution >= 4 is 5.97 Å². The summed E-state index contributed by atoms with van der Waals surface area (Å²) in [6.07, 6.45) is 11.6. The molecule has 2 heteroatoms. The first-order chi connectivity index (χ1) is 13.3. The summed E-state index contributed by atoms with van der Waals surface area (Å²) in [6.45, 7) is 9.23. The van der Waals surface area contributed by atoms with Crippen LogP contribution in [0.4, 0.5) is 0 Å². The maximum atomic E-state index is 13.3. The second-order valence-electron chi connectivity index (χ2n) is 9.94. The third-order valence-electron chi connectivity index (χ3n) is 8.00. The molecule has 150 valence electrons. The highest BCUT2D eigenvalue weighted by Crippen LogP contribution is 2.62. The van der Waals surface area contributed by atoms with E-state index in [1.165, 1.54) is 24.8 Å². The standard InChI is InChI=1S/C26H34O2/c1-18(2)19-11-13-22-20(17-19)12-14-23-25(22,3)15-8-16-26(23,4)24(27)28-21-9-6-5-7-10-21/h5-7,9-10,12,17-18,22-23H,8,11,13-16H2,1-4H3/t22-,23+,25+,26+/m0/s1. The number of hydrogen-bond acceptors (Lipinski definition) is 2. The van der Waals surface area contributed by atoms with Crippen molar-refractivity contribution in [1.82, 2.24) is 0 Å². The number of allylic oxidation sites excluding steroid dienone is 4. The van der Waals surface area contributed by atoms with Gasteiger partial charge in [0, 0.05) is 0 Å². The lowest BCUT2D eigenvalue weighted by molar-refractivity contribution is -0.159. The Bertz CT molecular complexity index is 803. The van der Waals surface area contributed by atoms with E-state index in [-0.39, 0.29) is 11.4 Å². The molecule has 0 N–H and O–H groups in total. The van der Waals surface area contributed by atoms with E-state index in [2.05, 4.69) is 39.8 Å². The average molecular weight is 379 g/mol. The molecule has 0 radical (unpaired) electrons. The van der Waals surface area contributed by atoms with Gasteiger partial charge >= 0.3 is 5.97 Å². The number of carbonyl (C=O) groups excluding carboxylic acids is 1. The van der Waals surface area contributed by atoms with Gasteiger partial charge in [-0.2, -0.15) is 0 Å². The maximum absolute atomic E-state index is 13.3. The highest BCUT2D eigenvalue weighted by Gasteiger charge is 2.57. The highest BCUT2D eigenvalue weighted by molar-refractivity contribution is 5.79. The van der Waals surface area contributed by atoms with Gasteiger partial charge < -0.3 is 4.74 Å². The third-order valence-corrected chi connectivity index (χ3v) is 8.00. The fraction of sp³-hybridized carbons (Fsp3) is 0.577. The Balaban J connectivity index is 1.64. The minimum absolute atomic E-state index is 0.0410. The van der Waals surface area contributed by atoms with Crippen LogP contribution < -0.4 is 4.74 Å². The minimum Gasteiger partial charge on any atom is -0.426 e. The van der Waals surface area contributed by atoms with Gasteiger partial charge in [0.25, 0.3) is 0 Å². The van der Waals surface area contributed by atoms with E-state index in [1.807, 2.05) is 30.3 Å². The number of benzene rings is 1. The Morgan fingerprint density at radius 2 is 1.89 bits per heavy atom. The van der Waals surface area contributed by atoms with Gasteiger partial charge in [-0.25, -0.2) is 0 Å². The Morgan fingerprint density at radius 3 is 2.61 bits per heavy atom. The van der Waals surface area contributed by atoms with Crippen LogP contribution in [0.15, 0.2) is 53.6 Å². The van der Waals surface area contributed by atoms with Crippen LogP contribution in [0.2, 0.25) is 0 Å². The zero-order chi connectivity index (χ0) is 19.9. The van der Waals surface area contributed by atoms with Gasteiger partial charge in [-0.15, -0.1) is 0 Å². The van der Waals surface area contributed by atoms with Crippen LogP contribution in [-0.4, -0.2) is 5.97 Å². The molecule has 1 fully saturated rings. The van der Waals surface area contributed by atoms with Crippen molar-refractivity contribution in [3.8, 4) is 5.75 Å². The van der Waals surface area contributed by atoms with Gasteiger partial charge in [-0.3, -0.25) is 4.79 Å². The second-order valence-corrected chi connectivity index (χ2v) is 9.94. The summed E-state index contributed by atoms with van der Waals surface area (Å²) < 4.78 is 5.86. The quantitative estimate of drug-likeness (QED) is 0.431. The molecule has 0 saturated heterocycles. The maximum Gasteiger partial charge on any atom is 0.317 e. The van der Waals surface area contributed by atoms with E-state index in [9.17, 15) is 4.79 Å². The number of hydrogen-bond donors (Lipinski definition) is 0. The zero-order valence-electron chi connectivity index (χ0n) is 17.8. The molecule has 3 aliphatic carbocycles. The molecule has 3 aliphatic rings. The molecule has 0 amide bonds. The molecule has 0 heterocycles. The lowest BCUT2D eigenvalue weighted by Gasteiger charge is -2.57. The van der Waals surface area contributed by atoms with E-state index >= 15 is 0 Å². The Morgan fingerprint density at radius 1 is 1.14 bits per heavy atom. The van der Waals surface area contributed by atoms with Gasteiger partial charge in [-0.05, 0) is 79.9 Å². The smallest absolute Gasteiger partial charge is 0.317 e. The Labute approximate surface area is 170 Å². The van der Waals surface area contributed by atoms with Gasteiger partial charge in [0.1, 0.15) is 5.75 Å². The van der Waals surface area contributed by atoms with Crippen LogP contribution in [0.3, 0.4) is 0 Å². The molecule has 0 spiro atoms. The number of ether oxygens (including phenoxy) is 1. The normalized spacial score (nSPS) is 34.8. The second kappa shape index (κ2) is 7.21. The zero-order valence-corrected chi connectivity index (χ0v) is 17.8. The Hall–Kier alpha value is -1.83. The largest absolute Gasteiger partial charge is 0.426 e. The van der Waals surface area contributed by atoms with Crippen molar-refractivity contribution < 1.29 is 9.53 Å². The molecule has 0 aliphatic heterocycles. The molecule has 1 aromatic carbocycles. The summed E-state index contributed by atoms with van der Waals surface area (Å²) in [5, 5.41) is 0. The number of para-hydroxylation sites is 1. The van der Waals surface area contributed by atoms with E-state index in [1.54, 1.807) is 5.57 Å². The summed E-state index contributed by atoms with van der Waals surface area (Å²) in [6, 6.07) is 9.55. The molecule has 0 aromatic heterocycles.